The van der Waals surface area contributed by atoms with Crippen LogP contribution < -0.4 is 31.9 Å². The summed E-state index contributed by atoms with van der Waals surface area (Å²) >= 11 is 4.50. The average molecular weight is 991 g/mol. The molecule has 6 N–H and O–H groups in total. The molecule has 0 saturated carbocycles. The van der Waals surface area contributed by atoms with E-state index in [2.05, 4.69) is 50.7 Å². The summed E-state index contributed by atoms with van der Waals surface area (Å²) < 4.78 is 14.0. The summed E-state index contributed by atoms with van der Waals surface area (Å²) in [6.07, 6.45) is 1.76. The van der Waals surface area contributed by atoms with E-state index in [1.54, 1.807) is 21.6 Å². The van der Waals surface area contributed by atoms with Crippen LogP contribution in [0.1, 0.15) is 87.9 Å². The minimum absolute atomic E-state index is 0.0155. The first-order chi connectivity index (χ1) is 32.1. The minimum Gasteiger partial charge on any atom is -0.338 e. The number of piperidine rings is 2. The monoisotopic (exact) mass is 990 g/mol. The van der Waals surface area contributed by atoms with E-state index in [9.17, 15) is 33.0 Å². The van der Waals surface area contributed by atoms with Gasteiger partial charge in [0.1, 0.15) is 32.8 Å². The molecule has 358 valence electrons. The third-order valence-electron chi connectivity index (χ3n) is 11.9. The zero-order valence-electron chi connectivity index (χ0n) is 38.5. The average Bonchev–Trinajstić information content (AvgIpc) is 4.02. The number of likely N-dealkylation sites (tertiary alicyclic amines) is 2. The first-order valence-electron chi connectivity index (χ1n) is 22.6. The highest BCUT2D eigenvalue weighted by molar-refractivity contribution is 8.00. The number of thioether (sulfide) groups is 1. The van der Waals surface area contributed by atoms with Crippen LogP contribution in [0, 0.1) is 0 Å². The highest BCUT2D eigenvalue weighted by Crippen LogP contribution is 2.40. The fraction of sp³-hybridized carbons (Fsp3) is 0.478. The lowest BCUT2D eigenvalue weighted by atomic mass is 9.87. The SMILES string of the molecule is CCNC(=O)Nc1sc2ccccc2c1C(=O)N1CCC2(CC1)N=C(CS(=O)C(C)C)NC2=O.CCNC(=O)Nc1sc2ccccc2c1C(=O)N1CCC2(CC1)N=C(CSC(C)C)NC2=O. The number of fused-ring (bicyclic) bond motifs is 2. The van der Waals surface area contributed by atoms with Gasteiger partial charge in [-0.15, -0.1) is 22.7 Å². The van der Waals surface area contributed by atoms with Crippen molar-refractivity contribution in [3.8, 4) is 0 Å². The molecule has 21 heteroatoms. The van der Waals surface area contributed by atoms with Gasteiger partial charge in [-0.3, -0.25) is 44.0 Å². The molecule has 0 radical (unpaired) electrons. The molecule has 0 bridgehead atoms. The van der Waals surface area contributed by atoms with Crippen molar-refractivity contribution >= 4 is 123 Å². The van der Waals surface area contributed by atoms with Gasteiger partial charge in [-0.2, -0.15) is 11.8 Å². The molecule has 4 aromatic rings. The van der Waals surface area contributed by atoms with E-state index < -0.39 is 21.9 Å². The number of carbonyl (C=O) groups excluding carboxylic acids is 6. The fourth-order valence-corrected chi connectivity index (χ4v) is 11.9. The van der Waals surface area contributed by atoms with E-state index in [0.29, 0.717) is 103 Å². The number of nitrogens with zero attached hydrogens (tertiary/aromatic N) is 4. The zero-order valence-corrected chi connectivity index (χ0v) is 41.8. The molecule has 6 heterocycles. The number of anilines is 2. The number of rotatable bonds is 12. The van der Waals surface area contributed by atoms with E-state index in [1.165, 1.54) is 22.7 Å². The van der Waals surface area contributed by atoms with Crippen LogP contribution in [0.25, 0.3) is 20.2 Å². The zero-order chi connectivity index (χ0) is 48.0. The minimum atomic E-state index is -1.10. The molecule has 4 aliphatic heterocycles. The topological polar surface area (TPSA) is 223 Å². The third-order valence-corrected chi connectivity index (χ3v) is 16.8. The Kier molecular flexibility index (Phi) is 15.7. The smallest absolute Gasteiger partial charge is 0.319 e. The van der Waals surface area contributed by atoms with Crippen molar-refractivity contribution in [3.63, 3.8) is 0 Å². The molecule has 8 amide bonds. The van der Waals surface area contributed by atoms with Crippen molar-refractivity contribution in [1.29, 1.82) is 0 Å². The molecule has 2 saturated heterocycles. The molecule has 2 fully saturated rings. The summed E-state index contributed by atoms with van der Waals surface area (Å²) in [6, 6.07) is 14.5. The van der Waals surface area contributed by atoms with Crippen LogP contribution in [-0.4, -0.2) is 134 Å². The fourth-order valence-electron chi connectivity index (χ4n) is 8.31. The first kappa shape index (κ1) is 49.5. The van der Waals surface area contributed by atoms with Crippen molar-refractivity contribution in [2.24, 2.45) is 9.98 Å². The maximum Gasteiger partial charge on any atom is 0.319 e. The van der Waals surface area contributed by atoms with Gasteiger partial charge in [0.15, 0.2) is 0 Å². The number of thiophene rings is 2. The molecule has 17 nitrogen and oxygen atoms in total. The molecule has 8 rings (SSSR count). The number of amidine groups is 2. The second-order valence-electron chi connectivity index (χ2n) is 17.2. The number of urea groups is 2. The Morgan fingerprint density at radius 3 is 1.54 bits per heavy atom. The number of nitrogens with one attached hydrogen (secondary N) is 6. The van der Waals surface area contributed by atoms with Crippen LogP contribution in [0.4, 0.5) is 19.6 Å². The predicted octanol–water partition coefficient (Wildman–Crippen LogP) is 6.39. The highest BCUT2D eigenvalue weighted by Gasteiger charge is 2.48. The van der Waals surface area contributed by atoms with Crippen molar-refractivity contribution in [2.75, 3.05) is 61.4 Å². The largest absolute Gasteiger partial charge is 0.338 e. The Morgan fingerprint density at radius 1 is 0.701 bits per heavy atom. The van der Waals surface area contributed by atoms with Crippen molar-refractivity contribution in [1.82, 2.24) is 31.1 Å². The predicted molar refractivity (Wildman–Crippen MR) is 272 cm³/mol. The summed E-state index contributed by atoms with van der Waals surface area (Å²) in [7, 11) is -1.10. The van der Waals surface area contributed by atoms with Crippen molar-refractivity contribution in [2.45, 2.75) is 88.8 Å². The molecule has 1 unspecified atom stereocenters. The molecular weight excluding hydrogens is 933 g/mol. The van der Waals surface area contributed by atoms with Crippen molar-refractivity contribution in [3.05, 3.63) is 59.7 Å². The van der Waals surface area contributed by atoms with Gasteiger partial charge in [-0.1, -0.05) is 64.1 Å². The maximum atomic E-state index is 13.6. The molecule has 1 atom stereocenters. The summed E-state index contributed by atoms with van der Waals surface area (Å²) in [6.45, 7) is 14.2. The van der Waals surface area contributed by atoms with Gasteiger partial charge in [0, 0.05) is 75.5 Å². The first-order valence-corrected chi connectivity index (χ1v) is 26.6. The van der Waals surface area contributed by atoms with E-state index >= 15 is 0 Å². The number of benzene rings is 2. The lowest BCUT2D eigenvalue weighted by Crippen LogP contribution is -2.50. The standard InChI is InChI=1S/C23H29N5O4S2.C23H29N5O3S2/c1-4-24-22(31)26-19-18(15-7-5-6-8-16(15)33-19)20(29)28-11-9-23(10-12-28)21(30)25-17(27-23)13-34(32)14(2)3;1-4-24-22(31)26-19-18(15-7-5-6-8-16(15)33-19)20(29)28-11-9-23(10-12-28)21(30)25-17(27-23)13-32-14(2)3/h5-8,14H,4,9-13H2,1-3H3,(H2,24,26,31)(H,25,27,30);5-8,14H,4,9-13H2,1-3H3,(H2,24,26,31)(H,25,27,30). The third kappa shape index (κ3) is 11.0. The van der Waals surface area contributed by atoms with E-state index in [-0.39, 0.29) is 46.7 Å². The van der Waals surface area contributed by atoms with Crippen LogP contribution in [-0.2, 0) is 20.4 Å². The molecule has 2 aromatic heterocycles. The van der Waals surface area contributed by atoms with E-state index in [0.717, 1.165) is 26.0 Å². The number of amides is 8. The van der Waals surface area contributed by atoms with Crippen molar-refractivity contribution < 1.29 is 33.0 Å². The van der Waals surface area contributed by atoms with Gasteiger partial charge in [0.25, 0.3) is 23.6 Å². The number of hydrogen-bond acceptors (Lipinski definition) is 12. The summed E-state index contributed by atoms with van der Waals surface area (Å²) in [5.41, 5.74) is -0.712. The van der Waals surface area contributed by atoms with E-state index in [1.807, 2.05) is 76.2 Å². The summed E-state index contributed by atoms with van der Waals surface area (Å²) in [5.74, 6) is 1.55. The summed E-state index contributed by atoms with van der Waals surface area (Å²) in [4.78, 5) is 89.9. The van der Waals surface area contributed by atoms with Gasteiger partial charge >= 0.3 is 12.1 Å². The van der Waals surface area contributed by atoms with Crippen LogP contribution in [0.2, 0.25) is 0 Å². The van der Waals surface area contributed by atoms with Gasteiger partial charge in [0.2, 0.25) is 0 Å². The van der Waals surface area contributed by atoms with Crippen LogP contribution in [0.15, 0.2) is 58.5 Å². The normalized spacial score (nSPS) is 17.8. The lowest BCUT2D eigenvalue weighted by Gasteiger charge is -2.35. The Labute approximate surface area is 404 Å². The van der Waals surface area contributed by atoms with Gasteiger partial charge in [-0.05, 0) is 56.9 Å². The van der Waals surface area contributed by atoms with Crippen LogP contribution in [0.3, 0.4) is 0 Å². The Bertz CT molecular complexity index is 2640. The number of carbonyl (C=O) groups is 6. The maximum absolute atomic E-state index is 13.6. The highest BCUT2D eigenvalue weighted by atomic mass is 32.2. The van der Waals surface area contributed by atoms with Gasteiger partial charge in [-0.25, -0.2) is 9.59 Å². The second-order valence-corrected chi connectivity index (χ2v) is 22.8. The van der Waals surface area contributed by atoms with E-state index in [4.69, 9.17) is 4.99 Å². The van der Waals surface area contributed by atoms with Gasteiger partial charge in [0.05, 0.1) is 22.6 Å². The second kappa shape index (κ2) is 21.3. The number of aliphatic imine (C=N–C) groups is 2. The molecule has 67 heavy (non-hydrogen) atoms. The lowest BCUT2D eigenvalue weighted by molar-refractivity contribution is -0.125. The quantitative estimate of drug-likeness (QED) is 0.0931. The molecule has 2 aromatic carbocycles. The molecular formula is C46H58N10O7S4. The molecule has 4 aliphatic rings. The number of hydrogen-bond donors (Lipinski definition) is 6. The Balaban J connectivity index is 0.000000199. The molecule has 0 aliphatic carbocycles. The summed E-state index contributed by atoms with van der Waals surface area (Å²) in [5, 5.41) is 19.9. The Hall–Kier alpha value is -5.38. The molecule has 2 spiro atoms. The van der Waals surface area contributed by atoms with Crippen LogP contribution >= 0.6 is 34.4 Å². The van der Waals surface area contributed by atoms with Crippen LogP contribution in [0.5, 0.6) is 0 Å². The Morgan fingerprint density at radius 2 is 1.12 bits per heavy atom. The van der Waals surface area contributed by atoms with Gasteiger partial charge < -0.3 is 31.1 Å².